The van der Waals surface area contributed by atoms with Crippen LogP contribution >= 0.6 is 34.8 Å². The monoisotopic (exact) mass is 398 g/mol. The number of para-hydroxylation sites is 1. The van der Waals surface area contributed by atoms with E-state index in [1.54, 1.807) is 29.7 Å². The minimum atomic E-state index is -1.31. The van der Waals surface area contributed by atoms with Crippen molar-refractivity contribution in [2.75, 3.05) is 6.61 Å². The Balaban J connectivity index is 2.56. The largest absolute Gasteiger partial charge is 0.393 e. The Labute approximate surface area is 158 Å². The van der Waals surface area contributed by atoms with E-state index in [9.17, 15) is 15.0 Å². The minimum absolute atomic E-state index is 0.0452. The molecular formula is C17H13Cl3N2O3. The van der Waals surface area contributed by atoms with Gasteiger partial charge in [-0.25, -0.2) is 0 Å². The van der Waals surface area contributed by atoms with Gasteiger partial charge in [0.25, 0.3) is 0 Å². The topological polar surface area (TPSA) is 75.3 Å². The van der Waals surface area contributed by atoms with Gasteiger partial charge >= 0.3 is 0 Å². The third kappa shape index (κ3) is 3.03. The fraction of sp³-hybridized carbons (Fsp3) is 0.176. The predicted octanol–water partition coefficient (Wildman–Crippen LogP) is 3.68. The zero-order chi connectivity index (χ0) is 18.3. The van der Waals surface area contributed by atoms with E-state index >= 15 is 0 Å². The van der Waals surface area contributed by atoms with Gasteiger partial charge < -0.3 is 14.8 Å². The number of aliphatic hydroxyl groups excluding tert-OH is 2. The van der Waals surface area contributed by atoms with Crippen LogP contribution in [0.15, 0.2) is 35.3 Å². The standard InChI is InChI=1S/C17H13Cl3N2O3/c1-8-5-12(24)14-15(13(25)7-23)21-6-11(20)17(14)22(8)16-9(18)3-2-4-10(16)19/h2-6,13,23,25H,7H2,1H3. The number of rotatable bonds is 3. The number of fused-ring (bicyclic) bond motifs is 1. The van der Waals surface area contributed by atoms with Gasteiger partial charge in [-0.1, -0.05) is 40.9 Å². The maximum absolute atomic E-state index is 12.6. The third-order valence-electron chi connectivity index (χ3n) is 3.85. The van der Waals surface area contributed by atoms with Gasteiger partial charge in [0.2, 0.25) is 0 Å². The summed E-state index contributed by atoms with van der Waals surface area (Å²) in [5.74, 6) is 0. The van der Waals surface area contributed by atoms with Crippen LogP contribution in [0.4, 0.5) is 0 Å². The normalized spacial score (nSPS) is 12.6. The number of aliphatic hydroxyl groups is 2. The zero-order valence-corrected chi connectivity index (χ0v) is 15.3. The van der Waals surface area contributed by atoms with Crippen LogP contribution < -0.4 is 5.43 Å². The average molecular weight is 400 g/mol. The molecule has 25 heavy (non-hydrogen) atoms. The Morgan fingerprint density at radius 1 is 1.20 bits per heavy atom. The van der Waals surface area contributed by atoms with Gasteiger partial charge in [-0.15, -0.1) is 0 Å². The van der Waals surface area contributed by atoms with E-state index in [-0.39, 0.29) is 21.5 Å². The molecule has 0 radical (unpaired) electrons. The summed E-state index contributed by atoms with van der Waals surface area (Å²) in [4.78, 5) is 16.6. The highest BCUT2D eigenvalue weighted by molar-refractivity contribution is 6.38. The lowest BCUT2D eigenvalue weighted by atomic mass is 10.1. The molecule has 0 fully saturated rings. The first kappa shape index (κ1) is 18.2. The first-order chi connectivity index (χ1) is 11.9. The summed E-state index contributed by atoms with van der Waals surface area (Å²) in [7, 11) is 0. The molecule has 5 nitrogen and oxygen atoms in total. The van der Waals surface area contributed by atoms with E-state index in [0.717, 1.165) is 0 Å². The molecule has 0 aliphatic carbocycles. The summed E-state index contributed by atoms with van der Waals surface area (Å²) >= 11 is 19.0. The van der Waals surface area contributed by atoms with Gasteiger partial charge in [-0.2, -0.15) is 0 Å². The lowest BCUT2D eigenvalue weighted by molar-refractivity contribution is 0.0934. The molecule has 8 heteroatoms. The fourth-order valence-corrected chi connectivity index (χ4v) is 3.58. The number of hydrogen-bond acceptors (Lipinski definition) is 4. The van der Waals surface area contributed by atoms with Crippen molar-refractivity contribution < 1.29 is 10.2 Å². The summed E-state index contributed by atoms with van der Waals surface area (Å²) in [5, 5.41) is 20.3. The van der Waals surface area contributed by atoms with Gasteiger partial charge in [-0.3, -0.25) is 9.78 Å². The summed E-state index contributed by atoms with van der Waals surface area (Å²) in [6.45, 7) is 1.14. The van der Waals surface area contributed by atoms with Crippen LogP contribution in [0.3, 0.4) is 0 Å². The summed E-state index contributed by atoms with van der Waals surface area (Å²) < 4.78 is 1.65. The Bertz CT molecular complexity index is 1010. The van der Waals surface area contributed by atoms with Crippen molar-refractivity contribution in [3.63, 3.8) is 0 Å². The van der Waals surface area contributed by atoms with Crippen molar-refractivity contribution >= 4 is 45.7 Å². The Morgan fingerprint density at radius 3 is 2.44 bits per heavy atom. The maximum atomic E-state index is 12.6. The lowest BCUT2D eigenvalue weighted by Gasteiger charge is -2.20. The first-order valence-corrected chi connectivity index (χ1v) is 8.44. The molecule has 2 heterocycles. The van der Waals surface area contributed by atoms with Crippen molar-refractivity contribution in [1.82, 2.24) is 9.55 Å². The zero-order valence-electron chi connectivity index (χ0n) is 13.0. The van der Waals surface area contributed by atoms with E-state index < -0.39 is 12.7 Å². The molecule has 1 atom stereocenters. The molecule has 3 rings (SSSR count). The second-order valence-electron chi connectivity index (χ2n) is 5.47. The van der Waals surface area contributed by atoms with E-state index in [1.807, 2.05) is 0 Å². The summed E-state index contributed by atoms with van der Waals surface area (Å²) in [6, 6.07) is 6.43. The average Bonchev–Trinajstić information content (AvgIpc) is 2.57. The molecule has 0 spiro atoms. The van der Waals surface area contributed by atoms with Gasteiger partial charge in [0.05, 0.1) is 44.0 Å². The minimum Gasteiger partial charge on any atom is -0.393 e. The van der Waals surface area contributed by atoms with Crippen LogP contribution in [0, 0.1) is 6.92 Å². The molecule has 1 aromatic carbocycles. The maximum Gasteiger partial charge on any atom is 0.191 e. The lowest BCUT2D eigenvalue weighted by Crippen LogP contribution is -2.17. The molecule has 1 unspecified atom stereocenters. The number of aromatic nitrogens is 2. The van der Waals surface area contributed by atoms with Crippen LogP contribution in [0.1, 0.15) is 17.5 Å². The molecule has 3 aromatic rings. The van der Waals surface area contributed by atoms with Crippen LogP contribution in [0.5, 0.6) is 0 Å². The molecule has 0 saturated carbocycles. The van der Waals surface area contributed by atoms with Gasteiger partial charge in [0, 0.05) is 18.0 Å². The second-order valence-corrected chi connectivity index (χ2v) is 6.69. The smallest absolute Gasteiger partial charge is 0.191 e. The van der Waals surface area contributed by atoms with Gasteiger partial charge in [0.15, 0.2) is 5.43 Å². The second kappa shape index (κ2) is 6.94. The van der Waals surface area contributed by atoms with Crippen molar-refractivity contribution in [2.45, 2.75) is 13.0 Å². The number of benzene rings is 1. The molecule has 0 amide bonds. The molecule has 0 bridgehead atoms. The Hall–Kier alpha value is -1.63. The molecule has 2 aromatic heterocycles. The highest BCUT2D eigenvalue weighted by Crippen LogP contribution is 2.35. The summed E-state index contributed by atoms with van der Waals surface area (Å²) in [6.07, 6.45) is 0.00319. The number of nitrogens with zero attached hydrogens (tertiary/aromatic N) is 2. The van der Waals surface area contributed by atoms with Crippen molar-refractivity contribution in [3.05, 3.63) is 67.1 Å². The number of hydrogen-bond donors (Lipinski definition) is 2. The first-order valence-electron chi connectivity index (χ1n) is 7.31. The van der Waals surface area contributed by atoms with Crippen LogP contribution in [-0.2, 0) is 0 Å². The van der Waals surface area contributed by atoms with Crippen molar-refractivity contribution in [3.8, 4) is 5.69 Å². The van der Waals surface area contributed by atoms with Gasteiger partial charge in [0.1, 0.15) is 6.10 Å². The predicted molar refractivity (Wildman–Crippen MR) is 99.2 cm³/mol. The molecular weight excluding hydrogens is 387 g/mol. The molecule has 0 aliphatic rings. The quantitative estimate of drug-likeness (QED) is 0.704. The molecule has 2 N–H and O–H groups in total. The molecule has 130 valence electrons. The molecule has 0 aliphatic heterocycles. The van der Waals surface area contributed by atoms with Crippen molar-refractivity contribution in [2.24, 2.45) is 0 Å². The molecule has 0 saturated heterocycles. The van der Waals surface area contributed by atoms with Crippen LogP contribution in [0.25, 0.3) is 16.6 Å². The number of halogens is 3. The highest BCUT2D eigenvalue weighted by atomic mass is 35.5. The van der Waals surface area contributed by atoms with E-state index in [2.05, 4.69) is 4.98 Å². The summed E-state index contributed by atoms with van der Waals surface area (Å²) in [5.41, 5.74) is 1.02. The Morgan fingerprint density at radius 2 is 1.84 bits per heavy atom. The van der Waals surface area contributed by atoms with E-state index in [4.69, 9.17) is 34.8 Å². The van der Waals surface area contributed by atoms with Crippen LogP contribution in [0.2, 0.25) is 15.1 Å². The Kier molecular flexibility index (Phi) is 5.04. The SMILES string of the molecule is Cc1cc(=O)c2c(C(O)CO)ncc(Cl)c2n1-c1c(Cl)cccc1Cl. The van der Waals surface area contributed by atoms with Gasteiger partial charge in [-0.05, 0) is 19.1 Å². The third-order valence-corrected chi connectivity index (χ3v) is 4.74. The number of aryl methyl sites for hydroxylation is 1. The fourth-order valence-electron chi connectivity index (χ4n) is 2.79. The number of pyridine rings is 2. The van der Waals surface area contributed by atoms with E-state index in [1.165, 1.54) is 12.3 Å². The van der Waals surface area contributed by atoms with Crippen LogP contribution in [-0.4, -0.2) is 26.4 Å². The highest BCUT2D eigenvalue weighted by Gasteiger charge is 2.22. The van der Waals surface area contributed by atoms with Crippen molar-refractivity contribution in [1.29, 1.82) is 0 Å². The van der Waals surface area contributed by atoms with E-state index in [0.29, 0.717) is 26.9 Å².